The Hall–Kier alpha value is -1.24. The lowest BCUT2D eigenvalue weighted by Crippen LogP contribution is -2.36. The van der Waals surface area contributed by atoms with E-state index in [9.17, 15) is 20.4 Å². The van der Waals surface area contributed by atoms with Crippen LogP contribution in [0, 0.1) is 0 Å². The molecule has 7 N–H and O–H groups in total. The van der Waals surface area contributed by atoms with E-state index in [0.29, 0.717) is 5.69 Å². The zero-order valence-corrected chi connectivity index (χ0v) is 13.0. The minimum absolute atomic E-state index is 0.00529. The number of aliphatic hydroxyl groups is 7. The molecule has 1 heterocycles. The summed E-state index contributed by atoms with van der Waals surface area (Å²) in [6.45, 7) is -1.49. The van der Waals surface area contributed by atoms with Gasteiger partial charge in [-0.05, 0) is 0 Å². The van der Waals surface area contributed by atoms with Crippen LogP contribution in [-0.4, -0.2) is 96.6 Å². The van der Waals surface area contributed by atoms with Crippen molar-refractivity contribution in [1.82, 2.24) is 9.97 Å². The first-order valence-corrected chi connectivity index (χ1v) is 7.41. The van der Waals surface area contributed by atoms with Crippen molar-refractivity contribution in [3.63, 3.8) is 0 Å². The molecular formula is C14H24N2O8. The highest BCUT2D eigenvalue weighted by atomic mass is 16.5. The van der Waals surface area contributed by atoms with Gasteiger partial charge in [-0.1, -0.05) is 0 Å². The number of hydrogen-bond donors (Lipinski definition) is 7. The third-order valence-corrected chi connectivity index (χ3v) is 3.38. The van der Waals surface area contributed by atoms with Gasteiger partial charge in [0, 0.05) is 12.6 Å². The minimum atomic E-state index is -1.62. The van der Waals surface area contributed by atoms with Crippen LogP contribution in [0.25, 0.3) is 0 Å². The molecule has 24 heavy (non-hydrogen) atoms. The Morgan fingerprint density at radius 2 is 1.58 bits per heavy atom. The second-order valence-electron chi connectivity index (χ2n) is 5.20. The molecule has 0 aliphatic rings. The fourth-order valence-electron chi connectivity index (χ4n) is 1.95. The van der Waals surface area contributed by atoms with E-state index < -0.39 is 43.7 Å². The fraction of sp³-hybridized carbons (Fsp3) is 0.714. The van der Waals surface area contributed by atoms with Gasteiger partial charge >= 0.3 is 0 Å². The second-order valence-corrected chi connectivity index (χ2v) is 5.20. The Bertz CT molecular complexity index is 461. The van der Waals surface area contributed by atoms with Crippen molar-refractivity contribution in [2.75, 3.05) is 26.4 Å². The van der Waals surface area contributed by atoms with Gasteiger partial charge in [-0.25, -0.2) is 0 Å². The first kappa shape index (κ1) is 20.8. The highest BCUT2D eigenvalue weighted by molar-refractivity contribution is 5.08. The third kappa shape index (κ3) is 6.00. The van der Waals surface area contributed by atoms with Gasteiger partial charge in [-0.2, -0.15) is 0 Å². The summed E-state index contributed by atoms with van der Waals surface area (Å²) in [4.78, 5) is 7.94. The van der Waals surface area contributed by atoms with E-state index in [2.05, 4.69) is 9.97 Å². The third-order valence-electron chi connectivity index (χ3n) is 3.38. The molecule has 0 unspecified atom stereocenters. The molecule has 0 aliphatic heterocycles. The molecule has 0 amide bonds. The van der Waals surface area contributed by atoms with E-state index in [4.69, 9.17) is 20.1 Å². The van der Waals surface area contributed by atoms with Crippen LogP contribution in [0.5, 0.6) is 0 Å². The standard InChI is InChI=1S/C14H24N2O8/c17-1-2-24-12(10(20)6-18)3-8-4-16-9(5-15-8)13(22)14(23)11(21)7-19/h4-5,10-14,17-23H,1-3,6-7H2/t10-,11-,12+,13-,14-/m1/s1. The second kappa shape index (κ2) is 10.6. The maximum absolute atomic E-state index is 9.86. The molecule has 0 fully saturated rings. The van der Waals surface area contributed by atoms with Gasteiger partial charge in [-0.15, -0.1) is 0 Å². The molecule has 0 saturated heterocycles. The molecule has 5 atom stereocenters. The average molecular weight is 348 g/mol. The monoisotopic (exact) mass is 348 g/mol. The number of ether oxygens (including phenoxy) is 1. The van der Waals surface area contributed by atoms with Gasteiger partial charge in [-0.3, -0.25) is 9.97 Å². The molecule has 0 saturated carbocycles. The van der Waals surface area contributed by atoms with Crippen molar-refractivity contribution in [2.24, 2.45) is 0 Å². The normalized spacial score (nSPS) is 18.0. The lowest BCUT2D eigenvalue weighted by atomic mass is 10.1. The first-order valence-electron chi connectivity index (χ1n) is 7.41. The molecule has 1 aromatic rings. The van der Waals surface area contributed by atoms with Gasteiger partial charge in [0.1, 0.15) is 24.4 Å². The van der Waals surface area contributed by atoms with E-state index in [1.165, 1.54) is 12.4 Å². The van der Waals surface area contributed by atoms with Crippen LogP contribution in [0.2, 0.25) is 0 Å². The maximum atomic E-state index is 9.86. The van der Waals surface area contributed by atoms with Crippen LogP contribution in [0.1, 0.15) is 17.5 Å². The summed E-state index contributed by atoms with van der Waals surface area (Å²) >= 11 is 0. The maximum Gasteiger partial charge on any atom is 0.126 e. The molecule has 0 radical (unpaired) electrons. The Balaban J connectivity index is 2.74. The molecule has 0 bridgehead atoms. The molecule has 10 nitrogen and oxygen atoms in total. The topological polar surface area (TPSA) is 177 Å². The highest BCUT2D eigenvalue weighted by Gasteiger charge is 2.27. The fourth-order valence-corrected chi connectivity index (χ4v) is 1.95. The van der Waals surface area contributed by atoms with Crippen molar-refractivity contribution in [3.05, 3.63) is 23.8 Å². The summed E-state index contributed by atoms with van der Waals surface area (Å²) in [6.07, 6.45) is -4.05. The van der Waals surface area contributed by atoms with Crippen LogP contribution < -0.4 is 0 Å². The molecular weight excluding hydrogens is 324 g/mol. The lowest BCUT2D eigenvalue weighted by molar-refractivity contribution is -0.0791. The first-order chi connectivity index (χ1) is 11.4. The molecule has 0 aromatic carbocycles. The zero-order chi connectivity index (χ0) is 18.1. The van der Waals surface area contributed by atoms with Crippen LogP contribution in [-0.2, 0) is 11.2 Å². The Kier molecular flexibility index (Phi) is 9.18. The van der Waals surface area contributed by atoms with Gasteiger partial charge < -0.3 is 40.5 Å². The molecule has 1 aromatic heterocycles. The van der Waals surface area contributed by atoms with Crippen LogP contribution in [0.4, 0.5) is 0 Å². The lowest BCUT2D eigenvalue weighted by Gasteiger charge is -2.22. The van der Waals surface area contributed by atoms with Gasteiger partial charge in [0.15, 0.2) is 0 Å². The Labute approximate surface area is 138 Å². The average Bonchev–Trinajstić information content (AvgIpc) is 2.62. The van der Waals surface area contributed by atoms with E-state index in [1.54, 1.807) is 0 Å². The SMILES string of the molecule is OCCO[C@@H](Cc1cnc([C@@H](O)[C@H](O)[C@H](O)CO)cn1)[C@H](O)CO. The summed E-state index contributed by atoms with van der Waals surface area (Å²) in [5.41, 5.74) is 0.382. The van der Waals surface area contributed by atoms with E-state index in [0.717, 1.165) is 0 Å². The van der Waals surface area contributed by atoms with Crippen molar-refractivity contribution < 1.29 is 40.5 Å². The summed E-state index contributed by atoms with van der Waals surface area (Å²) < 4.78 is 5.23. The summed E-state index contributed by atoms with van der Waals surface area (Å²) in [7, 11) is 0. The van der Waals surface area contributed by atoms with Crippen molar-refractivity contribution in [2.45, 2.75) is 36.9 Å². The van der Waals surface area contributed by atoms with Crippen LogP contribution in [0.3, 0.4) is 0 Å². The number of nitrogens with zero attached hydrogens (tertiary/aromatic N) is 2. The van der Waals surface area contributed by atoms with Crippen LogP contribution in [0.15, 0.2) is 12.4 Å². The molecule has 0 spiro atoms. The van der Waals surface area contributed by atoms with Crippen molar-refractivity contribution in [1.29, 1.82) is 0 Å². The summed E-state index contributed by atoms with van der Waals surface area (Å²) in [5, 5.41) is 65.0. The summed E-state index contributed by atoms with van der Waals surface area (Å²) in [6, 6.07) is 0. The smallest absolute Gasteiger partial charge is 0.126 e. The van der Waals surface area contributed by atoms with Gasteiger partial charge in [0.25, 0.3) is 0 Å². The minimum Gasteiger partial charge on any atom is -0.394 e. The van der Waals surface area contributed by atoms with E-state index in [1.807, 2.05) is 0 Å². The highest BCUT2D eigenvalue weighted by Crippen LogP contribution is 2.17. The van der Waals surface area contributed by atoms with Crippen LogP contribution >= 0.6 is 0 Å². The zero-order valence-electron chi connectivity index (χ0n) is 13.0. The number of aromatic nitrogens is 2. The van der Waals surface area contributed by atoms with Gasteiger partial charge in [0.2, 0.25) is 0 Å². The Morgan fingerprint density at radius 3 is 2.08 bits per heavy atom. The quantitative estimate of drug-likeness (QED) is 0.212. The molecule has 1 rings (SSSR count). The Morgan fingerprint density at radius 1 is 0.917 bits per heavy atom. The van der Waals surface area contributed by atoms with Crippen molar-refractivity contribution in [3.8, 4) is 0 Å². The van der Waals surface area contributed by atoms with E-state index >= 15 is 0 Å². The summed E-state index contributed by atoms with van der Waals surface area (Å²) in [5.74, 6) is 0. The molecule has 10 heteroatoms. The number of rotatable bonds is 11. The van der Waals surface area contributed by atoms with Crippen molar-refractivity contribution >= 4 is 0 Å². The predicted octanol–water partition coefficient (Wildman–Crippen LogP) is -3.50. The molecule has 138 valence electrons. The van der Waals surface area contributed by atoms with E-state index in [-0.39, 0.29) is 25.3 Å². The predicted molar refractivity (Wildman–Crippen MR) is 79.7 cm³/mol. The van der Waals surface area contributed by atoms with Gasteiger partial charge in [0.05, 0.1) is 50.1 Å². The number of aliphatic hydroxyl groups excluding tert-OH is 7. The largest absolute Gasteiger partial charge is 0.394 e. The number of hydrogen-bond acceptors (Lipinski definition) is 10. The molecule has 0 aliphatic carbocycles.